The summed E-state index contributed by atoms with van der Waals surface area (Å²) in [6.07, 6.45) is 0. The highest BCUT2D eigenvalue weighted by Crippen LogP contribution is 2.48. The topological polar surface area (TPSA) is 9.23 Å². The lowest BCUT2D eigenvalue weighted by atomic mass is 9.91. The molecule has 0 aromatic heterocycles. The van der Waals surface area contributed by atoms with E-state index in [0.29, 0.717) is 0 Å². The summed E-state index contributed by atoms with van der Waals surface area (Å²) in [5.41, 5.74) is 2.12. The van der Waals surface area contributed by atoms with E-state index in [1.54, 1.807) is 107 Å². The van der Waals surface area contributed by atoms with Gasteiger partial charge in [0.15, 0.2) is 0 Å². The normalized spacial score (nSPS) is 12.1. The summed E-state index contributed by atoms with van der Waals surface area (Å²) in [4.78, 5) is 0. The smallest absolute Gasteiger partial charge is 0.0891 e. The van der Waals surface area contributed by atoms with Crippen molar-refractivity contribution in [2.45, 2.75) is 38.9 Å². The van der Waals surface area contributed by atoms with Gasteiger partial charge in [-0.05, 0) is 82.8 Å². The van der Waals surface area contributed by atoms with Gasteiger partial charge in [0.2, 0.25) is 0 Å². The van der Waals surface area contributed by atoms with Crippen LogP contribution in [0.2, 0.25) is 0 Å². The molecule has 0 atom stereocenters. The Balaban J connectivity index is 0.000000579. The highest BCUT2D eigenvalue weighted by atomic mass is 79.9. The zero-order valence-electron chi connectivity index (χ0n) is 22.0. The number of fused-ring (bicyclic) bond motifs is 1. The maximum absolute atomic E-state index is 6.07. The second kappa shape index (κ2) is 34.0. The lowest BCUT2D eigenvalue weighted by molar-refractivity contribution is -0.105. The van der Waals surface area contributed by atoms with Gasteiger partial charge in [-0.3, -0.25) is 0 Å². The molecule has 46 heavy (non-hydrogen) atoms. The van der Waals surface area contributed by atoms with Gasteiger partial charge in [0.05, 0.1) is 11.2 Å². The Kier molecular flexibility index (Phi) is 37.7. The van der Waals surface area contributed by atoms with Crippen molar-refractivity contribution in [3.63, 3.8) is 0 Å². The fraction of sp³-hybridized carbons (Fsp3) is 0.500. The minimum atomic E-state index is -0.206. The first kappa shape index (κ1) is 51.0. The molecule has 0 amide bonds. The number of rotatable bonds is 0. The Hall–Kier alpha value is 6.96. The molecule has 0 saturated heterocycles. The van der Waals surface area contributed by atoms with Crippen molar-refractivity contribution in [2.24, 2.45) is 0 Å². The molecule has 0 spiro atoms. The van der Waals surface area contributed by atoms with Gasteiger partial charge in [0, 0.05) is 289 Å². The fourth-order valence-corrected chi connectivity index (χ4v) is 77.4. The van der Waals surface area contributed by atoms with Gasteiger partial charge >= 0.3 is 0 Å². The first-order valence-corrected chi connectivity index (χ1v) is 51.5. The van der Waals surface area contributed by atoms with E-state index in [4.69, 9.17) is 27.1 Å². The molecule has 1 aliphatic rings. The number of ether oxygens (including phenoxy) is 1. The Bertz CT molecular complexity index is 2430. The molecule has 0 radical (unpaired) electrons. The zero-order valence-corrected chi connectivity index (χ0v) is 50.5. The number of halogens is 2. The van der Waals surface area contributed by atoms with Gasteiger partial charge in [0.25, 0.3) is 0 Å². The largest absolute Gasteiger partial charge is 0.360 e. The molecule has 1 nitrogen and oxygen atoms in total. The van der Waals surface area contributed by atoms with E-state index in [1.807, 2.05) is 133 Å². The number of hydrogen-bond donors (Lipinski definition) is 0. The third-order valence-corrected chi connectivity index (χ3v) is 67.7. The predicted molar refractivity (Wildman–Crippen MR) is 297 cm³/mol. The molecule has 0 fully saturated rings. The van der Waals surface area contributed by atoms with Crippen LogP contribution in [-0.4, -0.2) is 0 Å². The SMILES string of the molecule is CC1(C)OC(C)(C)c2cc(Br)c(Br)cc21.S=S=S=S=S=S=S=S=S=S=S=S=S=S=S=S=S=S=S=S=S=S=S=S=S=S=S=S=S=S=S. The monoisotopic (exact) mass is 1320 g/mol. The van der Waals surface area contributed by atoms with E-state index in [-0.39, 0.29) is 11.2 Å². The maximum atomic E-state index is 6.07. The van der Waals surface area contributed by atoms with Crippen LogP contribution in [-0.2, 0) is 296 Å². The average Bonchev–Trinajstić information content (AvgIpc) is 3.19. The predicted octanol–water partition coefficient (Wildman–Crippen LogP) is 4.64. The summed E-state index contributed by atoms with van der Waals surface area (Å²) in [6.45, 7) is 8.45. The molecule has 1 aromatic carbocycles. The first-order valence-electron chi connectivity index (χ1n) is 9.94. The molecule has 0 bridgehead atoms. The van der Waals surface area contributed by atoms with Crippen LogP contribution < -0.4 is 0 Å². The summed E-state index contributed by atoms with van der Waals surface area (Å²) >= 11 is 16.6. The van der Waals surface area contributed by atoms with Gasteiger partial charge in [-0.1, -0.05) is 0 Å². The fourth-order valence-electron chi connectivity index (χ4n) is 2.60. The van der Waals surface area contributed by atoms with E-state index >= 15 is 0 Å². The molecule has 1 aromatic rings. The highest BCUT2D eigenvalue weighted by molar-refractivity contribution is 9.13. The lowest BCUT2D eigenvalue weighted by Gasteiger charge is -2.24. The van der Waals surface area contributed by atoms with Crippen molar-refractivity contribution >= 4 is 312 Å². The Morgan fingerprint density at radius 3 is 0.739 bits per heavy atom. The van der Waals surface area contributed by atoms with Gasteiger partial charge < -0.3 is 4.74 Å². The number of hydrogen-bond acceptors (Lipinski definition) is 3. The van der Waals surface area contributed by atoms with Crippen LogP contribution in [0.5, 0.6) is 0 Å². The molecule has 268 valence electrons. The minimum absolute atomic E-state index is 0.206. The molecular weight excluding hydrogens is 1310 g/mol. The van der Waals surface area contributed by atoms with E-state index in [9.17, 15) is 0 Å². The summed E-state index contributed by atoms with van der Waals surface area (Å²) in [5.74, 6) is 0. The molecule has 34 heteroatoms. The van der Waals surface area contributed by atoms with Crippen molar-refractivity contribution in [1.29, 1.82) is 0 Å². The van der Waals surface area contributed by atoms with Crippen LogP contribution in [0.4, 0.5) is 0 Å². The molecule has 0 N–H and O–H groups in total. The molecule has 0 unspecified atom stereocenters. The lowest BCUT2D eigenvalue weighted by Crippen LogP contribution is -2.22. The average molecular weight is 1330 g/mol. The van der Waals surface area contributed by atoms with Crippen molar-refractivity contribution in [3.8, 4) is 0 Å². The Morgan fingerprint density at radius 1 is 0.391 bits per heavy atom. The van der Waals surface area contributed by atoms with Crippen LogP contribution in [0.3, 0.4) is 0 Å². The third kappa shape index (κ3) is 26.7. The summed E-state index contributed by atoms with van der Waals surface area (Å²) in [7, 11) is 50.9. The summed E-state index contributed by atoms with van der Waals surface area (Å²) in [6, 6.07) is 4.29. The molecule has 0 saturated carbocycles. The molecule has 0 aliphatic carbocycles. The third-order valence-electron chi connectivity index (χ3n) is 3.65. The molecular formula is C12H14Br2OS31. The first-order chi connectivity index (χ1) is 22.2. The quantitative estimate of drug-likeness (QED) is 0.376. The van der Waals surface area contributed by atoms with Crippen molar-refractivity contribution in [3.05, 3.63) is 32.2 Å². The number of benzene rings is 1. The Labute approximate surface area is 378 Å². The molecule has 2 rings (SSSR count). The Morgan fingerprint density at radius 2 is 0.565 bits per heavy atom. The van der Waals surface area contributed by atoms with Gasteiger partial charge in [-0.2, -0.15) is 0 Å². The molecule has 1 heterocycles. The van der Waals surface area contributed by atoms with E-state index in [1.165, 1.54) is 28.9 Å². The van der Waals surface area contributed by atoms with Crippen molar-refractivity contribution in [2.75, 3.05) is 0 Å². The standard InChI is InChI=1S/C12H14Br2O.S31/c1-11(2)7-5-9(13)10(14)6-8(7)12(3,4)15-11;1-3-5-7-9-11-13-15-17-19-21-23-25-27-29-31-30-28-26-24-22-20-18-16-14-12-10-8-6-4-2/h5-6H,1-4H3;. The van der Waals surface area contributed by atoms with E-state index < -0.39 is 0 Å². The zero-order chi connectivity index (χ0) is 33.9. The van der Waals surface area contributed by atoms with Gasteiger partial charge in [-0.15, -0.1) is 0 Å². The molecule has 1 aliphatic heterocycles. The van der Waals surface area contributed by atoms with Crippen LogP contribution in [0.1, 0.15) is 38.8 Å². The van der Waals surface area contributed by atoms with Crippen LogP contribution in [0, 0.1) is 0 Å². The van der Waals surface area contributed by atoms with Crippen LogP contribution in [0.15, 0.2) is 21.1 Å². The van der Waals surface area contributed by atoms with E-state index in [2.05, 4.69) is 71.7 Å². The highest BCUT2D eigenvalue weighted by Gasteiger charge is 2.43. The maximum Gasteiger partial charge on any atom is 0.0891 e. The van der Waals surface area contributed by atoms with Gasteiger partial charge in [-0.25, -0.2) is 0 Å². The van der Waals surface area contributed by atoms with E-state index in [0.717, 1.165) is 8.95 Å². The summed E-state index contributed by atoms with van der Waals surface area (Å²) in [5, 5.41) is 0. The second-order valence-electron chi connectivity index (χ2n) is 6.91. The second-order valence-corrected chi connectivity index (χ2v) is 59.9. The summed E-state index contributed by atoms with van der Waals surface area (Å²) < 4.78 is 8.23. The van der Waals surface area contributed by atoms with Crippen LogP contribution >= 0.6 is 31.9 Å². The van der Waals surface area contributed by atoms with Gasteiger partial charge in [0.1, 0.15) is 0 Å². The minimum Gasteiger partial charge on any atom is -0.360 e. The van der Waals surface area contributed by atoms with Crippen molar-refractivity contribution in [1.82, 2.24) is 0 Å². The van der Waals surface area contributed by atoms with Crippen molar-refractivity contribution < 1.29 is 4.74 Å². The van der Waals surface area contributed by atoms with Crippen LogP contribution in [0.25, 0.3) is 0 Å².